The molecule has 1 unspecified atom stereocenters. The van der Waals surface area contributed by atoms with Gasteiger partial charge in [-0.3, -0.25) is 4.79 Å². The maximum atomic E-state index is 12.9. The number of nitrogens with zero attached hydrogens (tertiary/aromatic N) is 2. The predicted octanol–water partition coefficient (Wildman–Crippen LogP) is 3.78. The highest BCUT2D eigenvalue weighted by molar-refractivity contribution is 7.21. The molecule has 3 rings (SSSR count). The first-order chi connectivity index (χ1) is 12.9. The Balaban J connectivity index is 2.01. The van der Waals surface area contributed by atoms with Gasteiger partial charge in [-0.1, -0.05) is 6.92 Å². The average Bonchev–Trinajstić information content (AvgIpc) is 3.26. The van der Waals surface area contributed by atoms with Crippen LogP contribution < -0.4 is 5.32 Å². The fraction of sp³-hybridized carbons (Fsp3) is 0.350. The summed E-state index contributed by atoms with van der Waals surface area (Å²) in [5, 5.41) is 3.67. The van der Waals surface area contributed by atoms with Crippen molar-refractivity contribution in [2.24, 2.45) is 0 Å². The van der Waals surface area contributed by atoms with Gasteiger partial charge in [0.15, 0.2) is 6.10 Å². The van der Waals surface area contributed by atoms with Crippen molar-refractivity contribution >= 4 is 33.4 Å². The van der Waals surface area contributed by atoms with Gasteiger partial charge in [0.25, 0.3) is 5.91 Å². The Labute approximate surface area is 162 Å². The summed E-state index contributed by atoms with van der Waals surface area (Å²) in [4.78, 5) is 30.7. The quantitative estimate of drug-likeness (QED) is 0.656. The monoisotopic (exact) mass is 385 g/mol. The molecule has 1 atom stereocenters. The van der Waals surface area contributed by atoms with Crippen LogP contribution in [0.15, 0.2) is 30.6 Å². The first-order valence-corrected chi connectivity index (χ1v) is 9.76. The number of esters is 1. The lowest BCUT2D eigenvalue weighted by Gasteiger charge is -2.13. The molecule has 3 aromatic rings. The number of aryl methyl sites for hydroxylation is 2. The average molecular weight is 385 g/mol. The van der Waals surface area contributed by atoms with Crippen LogP contribution in [-0.4, -0.2) is 34.1 Å². The molecule has 0 saturated heterocycles. The van der Waals surface area contributed by atoms with E-state index >= 15 is 0 Å². The number of pyridine rings is 1. The standard InChI is InChI=1S/C20H23N3O3S/c1-5-8-21-18(24)14(4)26-20(25)17-16(23-9-6-7-10-23)15-12(2)11-13(3)22-19(15)27-17/h6-7,9-11,14H,5,8H2,1-4H3,(H,21,24). The Morgan fingerprint density at radius 1 is 1.30 bits per heavy atom. The highest BCUT2D eigenvalue weighted by atomic mass is 32.1. The summed E-state index contributed by atoms with van der Waals surface area (Å²) in [7, 11) is 0. The normalized spacial score (nSPS) is 12.1. The van der Waals surface area contributed by atoms with Crippen molar-refractivity contribution in [2.75, 3.05) is 6.54 Å². The van der Waals surface area contributed by atoms with Crippen LogP contribution in [0.4, 0.5) is 0 Å². The minimum atomic E-state index is -0.859. The van der Waals surface area contributed by atoms with Gasteiger partial charge in [0, 0.05) is 30.0 Å². The molecule has 3 heterocycles. The van der Waals surface area contributed by atoms with Crippen molar-refractivity contribution in [3.63, 3.8) is 0 Å². The summed E-state index contributed by atoms with van der Waals surface area (Å²) in [6.45, 7) is 8.04. The number of hydrogen-bond donors (Lipinski definition) is 1. The fourth-order valence-corrected chi connectivity index (χ4v) is 4.13. The summed E-state index contributed by atoms with van der Waals surface area (Å²) in [5.41, 5.74) is 2.69. The number of fused-ring (bicyclic) bond motifs is 1. The molecule has 0 bridgehead atoms. The first kappa shape index (κ1) is 19.1. The predicted molar refractivity (Wildman–Crippen MR) is 107 cm³/mol. The smallest absolute Gasteiger partial charge is 0.351 e. The first-order valence-electron chi connectivity index (χ1n) is 8.95. The van der Waals surface area contributed by atoms with E-state index in [-0.39, 0.29) is 5.91 Å². The summed E-state index contributed by atoms with van der Waals surface area (Å²) >= 11 is 1.29. The number of aromatic nitrogens is 2. The van der Waals surface area contributed by atoms with E-state index in [4.69, 9.17) is 4.74 Å². The number of rotatable bonds is 6. The molecule has 0 radical (unpaired) electrons. The Kier molecular flexibility index (Phi) is 5.60. The highest BCUT2D eigenvalue weighted by Crippen LogP contribution is 2.36. The largest absolute Gasteiger partial charge is 0.448 e. The maximum absolute atomic E-state index is 12.9. The summed E-state index contributed by atoms with van der Waals surface area (Å²) in [6, 6.07) is 5.80. The number of nitrogens with one attached hydrogen (secondary N) is 1. The van der Waals surface area contributed by atoms with Crippen LogP contribution in [-0.2, 0) is 9.53 Å². The molecule has 6 nitrogen and oxygen atoms in total. The Bertz CT molecular complexity index is 976. The van der Waals surface area contributed by atoms with E-state index in [9.17, 15) is 9.59 Å². The lowest BCUT2D eigenvalue weighted by atomic mass is 10.1. The molecule has 0 aromatic carbocycles. The summed E-state index contributed by atoms with van der Waals surface area (Å²) in [5.74, 6) is -0.808. The SMILES string of the molecule is CCCNC(=O)C(C)OC(=O)c1sc2nc(C)cc(C)c2c1-n1cccc1. The summed E-state index contributed by atoms with van der Waals surface area (Å²) in [6.07, 6.45) is 3.73. The topological polar surface area (TPSA) is 73.2 Å². The van der Waals surface area contributed by atoms with Gasteiger partial charge >= 0.3 is 5.97 Å². The van der Waals surface area contributed by atoms with Crippen LogP contribution in [0.3, 0.4) is 0 Å². The van der Waals surface area contributed by atoms with Crippen molar-refractivity contribution in [1.29, 1.82) is 0 Å². The van der Waals surface area contributed by atoms with Crippen LogP contribution in [0.1, 0.15) is 41.2 Å². The van der Waals surface area contributed by atoms with E-state index in [1.54, 1.807) is 6.92 Å². The third-order valence-corrected chi connectivity index (χ3v) is 5.27. The van der Waals surface area contributed by atoms with Gasteiger partial charge in [-0.25, -0.2) is 9.78 Å². The molecule has 7 heteroatoms. The molecule has 0 spiro atoms. The van der Waals surface area contributed by atoms with E-state index in [1.807, 2.05) is 55.9 Å². The minimum Gasteiger partial charge on any atom is -0.448 e. The number of hydrogen-bond acceptors (Lipinski definition) is 5. The molecule has 0 aliphatic heterocycles. The molecule has 27 heavy (non-hydrogen) atoms. The molecule has 0 saturated carbocycles. The molecular weight excluding hydrogens is 362 g/mol. The van der Waals surface area contributed by atoms with Crippen LogP contribution in [0.2, 0.25) is 0 Å². The van der Waals surface area contributed by atoms with E-state index < -0.39 is 12.1 Å². The zero-order valence-electron chi connectivity index (χ0n) is 15.9. The third-order valence-electron chi connectivity index (χ3n) is 4.21. The molecule has 1 N–H and O–H groups in total. The van der Waals surface area contributed by atoms with Crippen LogP contribution in [0.25, 0.3) is 15.9 Å². The van der Waals surface area contributed by atoms with Gasteiger partial charge in [-0.15, -0.1) is 11.3 Å². The van der Waals surface area contributed by atoms with Gasteiger partial charge in [0.05, 0.1) is 5.69 Å². The van der Waals surface area contributed by atoms with E-state index in [0.717, 1.165) is 33.6 Å². The third kappa shape index (κ3) is 3.88. The fourth-order valence-electron chi connectivity index (χ4n) is 2.95. The lowest BCUT2D eigenvalue weighted by molar-refractivity contribution is -0.129. The highest BCUT2D eigenvalue weighted by Gasteiger charge is 2.26. The van der Waals surface area contributed by atoms with Gasteiger partial charge in [-0.2, -0.15) is 0 Å². The van der Waals surface area contributed by atoms with Gasteiger partial charge in [0.2, 0.25) is 0 Å². The molecular formula is C20H23N3O3S. The number of thiophene rings is 1. The van der Waals surface area contributed by atoms with Crippen molar-refractivity contribution in [2.45, 2.75) is 40.2 Å². The molecule has 1 amide bonds. The lowest BCUT2D eigenvalue weighted by Crippen LogP contribution is -2.36. The Morgan fingerprint density at radius 3 is 2.67 bits per heavy atom. The van der Waals surface area contributed by atoms with Crippen LogP contribution in [0, 0.1) is 13.8 Å². The van der Waals surface area contributed by atoms with E-state index in [0.29, 0.717) is 11.4 Å². The maximum Gasteiger partial charge on any atom is 0.351 e. The zero-order chi connectivity index (χ0) is 19.6. The van der Waals surface area contributed by atoms with Crippen molar-refractivity contribution in [3.8, 4) is 5.69 Å². The second kappa shape index (κ2) is 7.92. The van der Waals surface area contributed by atoms with Crippen molar-refractivity contribution < 1.29 is 14.3 Å². The second-order valence-electron chi connectivity index (χ2n) is 6.47. The Morgan fingerprint density at radius 2 is 2.00 bits per heavy atom. The number of ether oxygens (including phenoxy) is 1. The number of carbonyl (C=O) groups is 2. The van der Waals surface area contributed by atoms with Gasteiger partial charge in [0.1, 0.15) is 9.71 Å². The minimum absolute atomic E-state index is 0.293. The Hall–Kier alpha value is -2.67. The van der Waals surface area contributed by atoms with Crippen molar-refractivity contribution in [1.82, 2.24) is 14.9 Å². The zero-order valence-corrected chi connectivity index (χ0v) is 16.7. The molecule has 142 valence electrons. The number of carbonyl (C=O) groups excluding carboxylic acids is 2. The molecule has 0 aliphatic rings. The second-order valence-corrected chi connectivity index (χ2v) is 7.47. The summed E-state index contributed by atoms with van der Waals surface area (Å²) < 4.78 is 7.34. The molecule has 0 fully saturated rings. The number of amides is 1. The molecule has 3 aromatic heterocycles. The van der Waals surface area contributed by atoms with Crippen LogP contribution >= 0.6 is 11.3 Å². The van der Waals surface area contributed by atoms with Crippen molar-refractivity contribution in [3.05, 3.63) is 46.7 Å². The van der Waals surface area contributed by atoms with Gasteiger partial charge in [-0.05, 0) is 51.0 Å². The molecule has 0 aliphatic carbocycles. The van der Waals surface area contributed by atoms with E-state index in [2.05, 4.69) is 10.3 Å². The van der Waals surface area contributed by atoms with E-state index in [1.165, 1.54) is 11.3 Å². The van der Waals surface area contributed by atoms with Crippen LogP contribution in [0.5, 0.6) is 0 Å². The van der Waals surface area contributed by atoms with Gasteiger partial charge < -0.3 is 14.6 Å².